The molecule has 0 aliphatic rings. The molecule has 0 spiro atoms. The van der Waals surface area contributed by atoms with Gasteiger partial charge in [-0.1, -0.05) is 47.7 Å². The number of carbonyl (C=O) groups is 1. The molecule has 0 saturated carbocycles. The molecule has 0 aliphatic carbocycles. The van der Waals surface area contributed by atoms with Crippen molar-refractivity contribution in [3.63, 3.8) is 0 Å². The lowest BCUT2D eigenvalue weighted by Gasteiger charge is -2.05. The molecule has 22 heavy (non-hydrogen) atoms. The molecule has 2 aromatic carbocycles. The predicted molar refractivity (Wildman–Crippen MR) is 76.8 cm³/mol. The zero-order chi connectivity index (χ0) is 15.7. The van der Waals surface area contributed by atoms with E-state index in [4.69, 9.17) is 0 Å². The van der Waals surface area contributed by atoms with Crippen LogP contribution >= 0.6 is 11.3 Å². The molecule has 3 aromatic rings. The topological polar surface area (TPSA) is 54.9 Å². The maximum Gasteiger partial charge on any atom is 0.445 e. The summed E-state index contributed by atoms with van der Waals surface area (Å²) in [5, 5.41) is 9.01. The molecule has 0 atom stereocenters. The first kappa shape index (κ1) is 14.5. The van der Waals surface area contributed by atoms with Gasteiger partial charge in [0.05, 0.1) is 0 Å². The number of carbonyl (C=O) groups excluding carboxylic acids is 1. The number of anilines is 1. The fourth-order valence-electron chi connectivity index (χ4n) is 1.98. The molecular weight excluding hydrogens is 315 g/mol. The SMILES string of the molecule is O=C(Nc1nnc(C(F)(F)F)s1)c1cccc2ccccc12. The number of rotatable bonds is 2. The molecule has 1 N–H and O–H groups in total. The summed E-state index contributed by atoms with van der Waals surface area (Å²) in [6.07, 6.45) is -4.57. The highest BCUT2D eigenvalue weighted by atomic mass is 32.1. The van der Waals surface area contributed by atoms with Gasteiger partial charge in [-0.25, -0.2) is 0 Å². The molecule has 1 heterocycles. The van der Waals surface area contributed by atoms with E-state index in [0.717, 1.165) is 5.39 Å². The van der Waals surface area contributed by atoms with Crippen molar-refractivity contribution >= 4 is 33.1 Å². The van der Waals surface area contributed by atoms with Crippen LogP contribution in [-0.2, 0) is 6.18 Å². The van der Waals surface area contributed by atoms with Gasteiger partial charge in [-0.05, 0) is 16.8 Å². The third-order valence-electron chi connectivity index (χ3n) is 2.92. The fraction of sp³-hybridized carbons (Fsp3) is 0.0714. The normalized spacial score (nSPS) is 11.6. The van der Waals surface area contributed by atoms with Crippen molar-refractivity contribution < 1.29 is 18.0 Å². The summed E-state index contributed by atoms with van der Waals surface area (Å²) in [6, 6.07) is 12.4. The second-order valence-corrected chi connectivity index (χ2v) is 5.37. The molecule has 8 heteroatoms. The molecule has 0 aliphatic heterocycles. The van der Waals surface area contributed by atoms with Crippen LogP contribution in [-0.4, -0.2) is 16.1 Å². The molecule has 1 amide bonds. The highest BCUT2D eigenvalue weighted by Crippen LogP contribution is 2.33. The molecule has 112 valence electrons. The fourth-order valence-corrected chi connectivity index (χ4v) is 2.58. The van der Waals surface area contributed by atoms with Crippen LogP contribution in [0.2, 0.25) is 0 Å². The Morgan fingerprint density at radius 3 is 2.50 bits per heavy atom. The van der Waals surface area contributed by atoms with Gasteiger partial charge in [0.1, 0.15) is 0 Å². The Balaban J connectivity index is 1.89. The van der Waals surface area contributed by atoms with Crippen molar-refractivity contribution in [2.45, 2.75) is 6.18 Å². The van der Waals surface area contributed by atoms with E-state index in [-0.39, 0.29) is 16.5 Å². The zero-order valence-electron chi connectivity index (χ0n) is 10.9. The van der Waals surface area contributed by atoms with Gasteiger partial charge in [0.2, 0.25) is 10.1 Å². The van der Waals surface area contributed by atoms with E-state index in [0.29, 0.717) is 10.9 Å². The number of nitrogens with zero attached hydrogens (tertiary/aromatic N) is 2. The second kappa shape index (κ2) is 5.38. The van der Waals surface area contributed by atoms with Crippen molar-refractivity contribution in [3.05, 3.63) is 53.0 Å². The second-order valence-electron chi connectivity index (χ2n) is 4.39. The number of aromatic nitrogens is 2. The summed E-state index contributed by atoms with van der Waals surface area (Å²) in [6.45, 7) is 0. The molecule has 0 radical (unpaired) electrons. The van der Waals surface area contributed by atoms with Crippen LogP contribution in [0.5, 0.6) is 0 Å². The number of benzene rings is 2. The summed E-state index contributed by atoms with van der Waals surface area (Å²) in [5.41, 5.74) is 0.363. The molecular formula is C14H8F3N3OS. The Morgan fingerprint density at radius 2 is 1.77 bits per heavy atom. The highest BCUT2D eigenvalue weighted by molar-refractivity contribution is 7.15. The van der Waals surface area contributed by atoms with Gasteiger partial charge < -0.3 is 0 Å². The predicted octanol–water partition coefficient (Wildman–Crippen LogP) is 3.96. The zero-order valence-corrected chi connectivity index (χ0v) is 11.7. The van der Waals surface area contributed by atoms with Crippen molar-refractivity contribution in [2.75, 3.05) is 5.32 Å². The van der Waals surface area contributed by atoms with E-state index in [9.17, 15) is 18.0 Å². The quantitative estimate of drug-likeness (QED) is 0.776. The van der Waals surface area contributed by atoms with Crippen LogP contribution < -0.4 is 5.32 Å². The van der Waals surface area contributed by atoms with E-state index >= 15 is 0 Å². The maximum atomic E-state index is 12.5. The molecule has 4 nitrogen and oxygen atoms in total. The third kappa shape index (κ3) is 2.77. The first-order chi connectivity index (χ1) is 10.4. The van der Waals surface area contributed by atoms with Gasteiger partial charge in [0, 0.05) is 5.56 Å². The van der Waals surface area contributed by atoms with Crippen LogP contribution in [0.3, 0.4) is 0 Å². The highest BCUT2D eigenvalue weighted by Gasteiger charge is 2.35. The number of amides is 1. The summed E-state index contributed by atoms with van der Waals surface area (Å²) in [5.74, 6) is -0.526. The Hall–Kier alpha value is -2.48. The number of hydrogen-bond acceptors (Lipinski definition) is 4. The number of fused-ring (bicyclic) bond motifs is 1. The van der Waals surface area contributed by atoms with Gasteiger partial charge in [0.25, 0.3) is 5.91 Å². The summed E-state index contributed by atoms with van der Waals surface area (Å²) in [4.78, 5) is 12.2. The largest absolute Gasteiger partial charge is 0.445 e. The molecule has 0 bridgehead atoms. The Bertz CT molecular complexity index is 839. The van der Waals surface area contributed by atoms with Crippen LogP contribution in [0.15, 0.2) is 42.5 Å². The average Bonchev–Trinajstić information content (AvgIpc) is 2.95. The first-order valence-electron chi connectivity index (χ1n) is 6.15. The number of alkyl halides is 3. The van der Waals surface area contributed by atoms with Crippen LogP contribution in [0, 0.1) is 0 Å². The number of halogens is 3. The smallest absolute Gasteiger partial charge is 0.296 e. The van der Waals surface area contributed by atoms with Gasteiger partial charge in [-0.2, -0.15) is 13.2 Å². The third-order valence-corrected chi connectivity index (χ3v) is 3.81. The Kier molecular flexibility index (Phi) is 3.53. The van der Waals surface area contributed by atoms with Crippen molar-refractivity contribution in [1.82, 2.24) is 10.2 Å². The Morgan fingerprint density at radius 1 is 1.05 bits per heavy atom. The van der Waals surface area contributed by atoms with Crippen molar-refractivity contribution in [1.29, 1.82) is 0 Å². The van der Waals surface area contributed by atoms with Crippen LogP contribution in [0.1, 0.15) is 15.4 Å². The van der Waals surface area contributed by atoms with E-state index in [1.165, 1.54) is 0 Å². The lowest BCUT2D eigenvalue weighted by atomic mass is 10.0. The summed E-state index contributed by atoms with van der Waals surface area (Å²) < 4.78 is 37.4. The molecule has 1 aromatic heterocycles. The minimum Gasteiger partial charge on any atom is -0.296 e. The van der Waals surface area contributed by atoms with E-state index in [2.05, 4.69) is 15.5 Å². The first-order valence-corrected chi connectivity index (χ1v) is 6.96. The molecule has 0 fully saturated rings. The lowest BCUT2D eigenvalue weighted by molar-refractivity contribution is -0.138. The van der Waals surface area contributed by atoms with E-state index in [1.807, 2.05) is 18.2 Å². The Labute approximate surface area is 126 Å². The lowest BCUT2D eigenvalue weighted by Crippen LogP contribution is -2.12. The van der Waals surface area contributed by atoms with E-state index in [1.54, 1.807) is 24.3 Å². The van der Waals surface area contributed by atoms with Crippen LogP contribution in [0.4, 0.5) is 18.3 Å². The van der Waals surface area contributed by atoms with Crippen LogP contribution in [0.25, 0.3) is 10.8 Å². The van der Waals surface area contributed by atoms with Gasteiger partial charge in [0.15, 0.2) is 0 Å². The number of hydrogen-bond donors (Lipinski definition) is 1. The molecule has 0 saturated heterocycles. The minimum atomic E-state index is -4.57. The van der Waals surface area contributed by atoms with Gasteiger partial charge in [-0.3, -0.25) is 10.1 Å². The standard InChI is InChI=1S/C14H8F3N3OS/c15-14(16,17)12-19-20-13(22-12)18-11(21)10-7-3-5-8-4-1-2-6-9(8)10/h1-7H,(H,18,20,21). The minimum absolute atomic E-state index is 0.190. The van der Waals surface area contributed by atoms with Gasteiger partial charge in [-0.15, -0.1) is 10.2 Å². The van der Waals surface area contributed by atoms with Crippen molar-refractivity contribution in [2.24, 2.45) is 0 Å². The monoisotopic (exact) mass is 323 g/mol. The van der Waals surface area contributed by atoms with E-state index < -0.39 is 17.1 Å². The van der Waals surface area contributed by atoms with Crippen molar-refractivity contribution in [3.8, 4) is 0 Å². The number of nitrogens with one attached hydrogen (secondary N) is 1. The summed E-state index contributed by atoms with van der Waals surface area (Å²) in [7, 11) is 0. The van der Waals surface area contributed by atoms with Gasteiger partial charge >= 0.3 is 6.18 Å². The average molecular weight is 323 g/mol. The molecule has 0 unspecified atom stereocenters. The molecule has 3 rings (SSSR count). The maximum absolute atomic E-state index is 12.5. The summed E-state index contributed by atoms with van der Waals surface area (Å²) >= 11 is 0.289.